The Morgan fingerprint density at radius 1 is 1.25 bits per heavy atom. The second-order valence-electron chi connectivity index (χ2n) is 8.66. The van der Waals surface area contributed by atoms with E-state index in [1.54, 1.807) is 4.90 Å². The molecule has 152 valence electrons. The lowest BCUT2D eigenvalue weighted by atomic mass is 9.89. The van der Waals surface area contributed by atoms with Gasteiger partial charge in [0, 0.05) is 37.9 Å². The minimum atomic E-state index is 0.175. The zero-order chi connectivity index (χ0) is 19.8. The predicted octanol–water partition coefficient (Wildman–Crippen LogP) is 2.74. The number of hydrogen-bond acceptors (Lipinski definition) is 6. The van der Waals surface area contributed by atoms with Gasteiger partial charge in [-0.15, -0.1) is 11.3 Å². The molecule has 0 saturated carbocycles. The standard InChI is InChI=1S/C21H31N5OS/c1-13-4-5-15-16(12-13)28-20-18(15)19(22)23-17(24-20)8-11-26-9-6-14(7-10-26)21(27)25(2)3/h13-14H,4-12H2,1-3H3,(H2,22,23,24). The van der Waals surface area contributed by atoms with Crippen molar-refractivity contribution in [2.24, 2.45) is 11.8 Å². The van der Waals surface area contributed by atoms with Crippen molar-refractivity contribution in [1.82, 2.24) is 19.8 Å². The van der Waals surface area contributed by atoms with Gasteiger partial charge in [-0.1, -0.05) is 6.92 Å². The first-order chi connectivity index (χ1) is 13.4. The maximum atomic E-state index is 12.1. The number of carbonyl (C=O) groups excluding carboxylic acids is 1. The predicted molar refractivity (Wildman–Crippen MR) is 115 cm³/mol. The lowest BCUT2D eigenvalue weighted by molar-refractivity contribution is -0.134. The molecule has 1 atom stereocenters. The third-order valence-electron chi connectivity index (χ3n) is 6.26. The van der Waals surface area contributed by atoms with Crippen LogP contribution in [0.4, 0.5) is 5.82 Å². The maximum Gasteiger partial charge on any atom is 0.225 e. The Balaban J connectivity index is 1.40. The van der Waals surface area contributed by atoms with Gasteiger partial charge in [-0.2, -0.15) is 0 Å². The summed E-state index contributed by atoms with van der Waals surface area (Å²) in [4.78, 5) is 28.3. The van der Waals surface area contributed by atoms with E-state index in [2.05, 4.69) is 16.8 Å². The Kier molecular flexibility index (Phi) is 5.56. The largest absolute Gasteiger partial charge is 0.383 e. The lowest BCUT2D eigenvalue weighted by Crippen LogP contribution is -2.40. The van der Waals surface area contributed by atoms with Crippen LogP contribution in [0.1, 0.15) is 42.5 Å². The fourth-order valence-electron chi connectivity index (χ4n) is 4.56. The number of thiophene rings is 1. The second-order valence-corrected chi connectivity index (χ2v) is 9.74. The summed E-state index contributed by atoms with van der Waals surface area (Å²) < 4.78 is 0. The van der Waals surface area contributed by atoms with Crippen molar-refractivity contribution in [3.05, 3.63) is 16.3 Å². The number of rotatable bonds is 4. The average Bonchev–Trinajstić information content (AvgIpc) is 3.03. The normalized spacial score (nSPS) is 21.0. The summed E-state index contributed by atoms with van der Waals surface area (Å²) >= 11 is 1.81. The van der Waals surface area contributed by atoms with E-state index in [0.29, 0.717) is 5.82 Å². The lowest BCUT2D eigenvalue weighted by Gasteiger charge is -2.32. The Hall–Kier alpha value is -1.73. The van der Waals surface area contributed by atoms with Crippen molar-refractivity contribution in [3.8, 4) is 0 Å². The van der Waals surface area contributed by atoms with Gasteiger partial charge in [0.2, 0.25) is 5.91 Å². The van der Waals surface area contributed by atoms with E-state index in [1.165, 1.54) is 16.9 Å². The highest BCUT2D eigenvalue weighted by atomic mass is 32.1. The molecule has 0 radical (unpaired) electrons. The first-order valence-electron chi connectivity index (χ1n) is 10.4. The van der Waals surface area contributed by atoms with Crippen LogP contribution >= 0.6 is 11.3 Å². The summed E-state index contributed by atoms with van der Waals surface area (Å²) in [5.41, 5.74) is 7.75. The molecule has 1 unspecified atom stereocenters. The van der Waals surface area contributed by atoms with E-state index in [0.717, 1.165) is 73.7 Å². The number of nitrogens with two attached hydrogens (primary N) is 1. The number of fused-ring (bicyclic) bond motifs is 3. The van der Waals surface area contributed by atoms with Gasteiger partial charge in [0.15, 0.2) is 0 Å². The van der Waals surface area contributed by atoms with E-state index in [-0.39, 0.29) is 11.8 Å². The molecule has 2 N–H and O–H groups in total. The van der Waals surface area contributed by atoms with E-state index >= 15 is 0 Å². The summed E-state index contributed by atoms with van der Waals surface area (Å²) in [6, 6.07) is 0. The first kappa shape index (κ1) is 19.6. The van der Waals surface area contributed by atoms with E-state index in [1.807, 2.05) is 25.4 Å². The van der Waals surface area contributed by atoms with Crippen molar-refractivity contribution < 1.29 is 4.79 Å². The minimum absolute atomic E-state index is 0.175. The van der Waals surface area contributed by atoms with Gasteiger partial charge >= 0.3 is 0 Å². The molecule has 6 nitrogen and oxygen atoms in total. The van der Waals surface area contributed by atoms with Crippen LogP contribution in [-0.4, -0.2) is 59.4 Å². The zero-order valence-electron chi connectivity index (χ0n) is 17.2. The number of piperidine rings is 1. The number of aryl methyl sites for hydroxylation is 1. The molecular weight excluding hydrogens is 370 g/mol. The second kappa shape index (κ2) is 7.95. The number of hydrogen-bond donors (Lipinski definition) is 1. The molecule has 0 bridgehead atoms. The van der Waals surface area contributed by atoms with Crippen molar-refractivity contribution in [2.45, 2.75) is 45.4 Å². The molecule has 1 saturated heterocycles. The number of carbonyl (C=O) groups is 1. The van der Waals surface area contributed by atoms with E-state index in [4.69, 9.17) is 10.7 Å². The molecule has 1 aliphatic heterocycles. The van der Waals surface area contributed by atoms with Crippen LogP contribution in [0.3, 0.4) is 0 Å². The van der Waals surface area contributed by atoms with Crippen LogP contribution in [0.25, 0.3) is 10.2 Å². The molecule has 2 aromatic heterocycles. The highest BCUT2D eigenvalue weighted by molar-refractivity contribution is 7.19. The van der Waals surface area contributed by atoms with Crippen LogP contribution in [-0.2, 0) is 24.1 Å². The monoisotopic (exact) mass is 401 g/mol. The number of anilines is 1. The van der Waals surface area contributed by atoms with Crippen LogP contribution in [0.15, 0.2) is 0 Å². The van der Waals surface area contributed by atoms with Gasteiger partial charge in [-0.05, 0) is 56.7 Å². The first-order valence-corrected chi connectivity index (χ1v) is 11.2. The summed E-state index contributed by atoms with van der Waals surface area (Å²) in [5, 5.41) is 1.11. The summed E-state index contributed by atoms with van der Waals surface area (Å²) in [5.74, 6) is 2.69. The molecule has 1 fully saturated rings. The summed E-state index contributed by atoms with van der Waals surface area (Å²) in [7, 11) is 3.69. The van der Waals surface area contributed by atoms with Gasteiger partial charge in [0.05, 0.1) is 5.39 Å². The molecule has 2 aromatic rings. The number of nitrogens with zero attached hydrogens (tertiary/aromatic N) is 4. The molecular formula is C21H31N5OS. The van der Waals surface area contributed by atoms with Crippen molar-refractivity contribution in [1.29, 1.82) is 0 Å². The van der Waals surface area contributed by atoms with Crippen molar-refractivity contribution in [3.63, 3.8) is 0 Å². The molecule has 3 heterocycles. The molecule has 4 rings (SSSR count). The molecule has 0 spiro atoms. The van der Waals surface area contributed by atoms with E-state index in [9.17, 15) is 4.79 Å². The fraction of sp³-hybridized carbons (Fsp3) is 0.667. The molecule has 0 aromatic carbocycles. The van der Waals surface area contributed by atoms with Gasteiger partial charge in [0.1, 0.15) is 16.5 Å². The molecule has 2 aliphatic rings. The van der Waals surface area contributed by atoms with Crippen molar-refractivity contribution in [2.75, 3.05) is 39.5 Å². The zero-order valence-corrected chi connectivity index (χ0v) is 18.0. The number of amides is 1. The fourth-order valence-corrected chi connectivity index (χ4v) is 5.96. The third kappa shape index (κ3) is 3.87. The average molecular weight is 402 g/mol. The maximum absolute atomic E-state index is 12.1. The highest BCUT2D eigenvalue weighted by Crippen LogP contribution is 2.39. The van der Waals surface area contributed by atoms with E-state index < -0.39 is 0 Å². The topological polar surface area (TPSA) is 75.4 Å². The van der Waals surface area contributed by atoms with Gasteiger partial charge in [-0.3, -0.25) is 4.79 Å². The smallest absolute Gasteiger partial charge is 0.225 e. The SMILES string of the molecule is CC1CCc2c(sc3nc(CCN4CCC(C(=O)N(C)C)CC4)nc(N)c23)C1. The molecule has 28 heavy (non-hydrogen) atoms. The highest BCUT2D eigenvalue weighted by Gasteiger charge is 2.26. The van der Waals surface area contributed by atoms with Crippen LogP contribution in [0, 0.1) is 11.8 Å². The Morgan fingerprint density at radius 2 is 2.00 bits per heavy atom. The minimum Gasteiger partial charge on any atom is -0.383 e. The Morgan fingerprint density at radius 3 is 2.71 bits per heavy atom. The molecule has 1 aliphatic carbocycles. The van der Waals surface area contributed by atoms with Crippen LogP contribution in [0.5, 0.6) is 0 Å². The molecule has 7 heteroatoms. The Labute approximate surface area is 171 Å². The van der Waals surface area contributed by atoms with Gasteiger partial charge in [0.25, 0.3) is 0 Å². The van der Waals surface area contributed by atoms with Crippen molar-refractivity contribution >= 4 is 33.3 Å². The van der Waals surface area contributed by atoms with Gasteiger partial charge < -0.3 is 15.5 Å². The summed E-state index contributed by atoms with van der Waals surface area (Å²) in [6.45, 7) is 5.18. The number of aromatic nitrogens is 2. The number of nitrogen functional groups attached to an aromatic ring is 1. The van der Waals surface area contributed by atoms with Crippen LogP contribution < -0.4 is 5.73 Å². The van der Waals surface area contributed by atoms with Gasteiger partial charge in [-0.25, -0.2) is 9.97 Å². The number of likely N-dealkylation sites (tertiary alicyclic amines) is 1. The van der Waals surface area contributed by atoms with Crippen LogP contribution in [0.2, 0.25) is 0 Å². The summed E-state index contributed by atoms with van der Waals surface area (Å²) in [6.07, 6.45) is 6.16. The quantitative estimate of drug-likeness (QED) is 0.853. The third-order valence-corrected chi connectivity index (χ3v) is 7.41. The molecule has 1 amide bonds. The Bertz CT molecular complexity index is 869.